The van der Waals surface area contributed by atoms with Crippen molar-refractivity contribution >= 4 is 10.8 Å². The minimum Gasteiger partial charge on any atom is -0.326 e. The Morgan fingerprint density at radius 1 is 0.933 bits per heavy atom. The molecule has 0 saturated heterocycles. The molecule has 0 fully saturated rings. The van der Waals surface area contributed by atoms with Crippen LogP contribution in [-0.4, -0.2) is 6.04 Å². The van der Waals surface area contributed by atoms with Crippen molar-refractivity contribution in [2.24, 2.45) is 11.5 Å². The molecule has 78 valence electrons. The van der Waals surface area contributed by atoms with E-state index in [1.807, 2.05) is 25.1 Å². The first kappa shape index (κ1) is 10.1. The van der Waals surface area contributed by atoms with Crippen LogP contribution in [0.4, 0.5) is 0 Å². The zero-order valence-electron chi connectivity index (χ0n) is 8.85. The quantitative estimate of drug-likeness (QED) is 0.780. The molecule has 2 unspecified atom stereocenters. The fourth-order valence-electron chi connectivity index (χ4n) is 1.82. The van der Waals surface area contributed by atoms with E-state index in [1.54, 1.807) is 0 Å². The SMILES string of the molecule is CC(N)C(N)c1cccc2ccccc12. The fourth-order valence-corrected chi connectivity index (χ4v) is 1.82. The van der Waals surface area contributed by atoms with E-state index in [9.17, 15) is 0 Å². The maximum atomic E-state index is 6.08. The molecule has 0 amide bonds. The van der Waals surface area contributed by atoms with Gasteiger partial charge in [-0.3, -0.25) is 0 Å². The van der Waals surface area contributed by atoms with Crippen LogP contribution in [0.5, 0.6) is 0 Å². The van der Waals surface area contributed by atoms with Gasteiger partial charge in [0.25, 0.3) is 0 Å². The number of benzene rings is 2. The predicted octanol–water partition coefficient (Wildman–Crippen LogP) is 2.19. The third kappa shape index (κ3) is 1.87. The summed E-state index contributed by atoms with van der Waals surface area (Å²) in [6.07, 6.45) is 0. The van der Waals surface area contributed by atoms with Crippen molar-refractivity contribution in [1.29, 1.82) is 0 Å². The van der Waals surface area contributed by atoms with Crippen LogP contribution >= 0.6 is 0 Å². The number of rotatable bonds is 2. The molecule has 2 nitrogen and oxygen atoms in total. The van der Waals surface area contributed by atoms with Gasteiger partial charge >= 0.3 is 0 Å². The average molecular weight is 200 g/mol. The van der Waals surface area contributed by atoms with E-state index in [0.717, 1.165) is 5.56 Å². The summed E-state index contributed by atoms with van der Waals surface area (Å²) in [4.78, 5) is 0. The van der Waals surface area contributed by atoms with Crippen LogP contribution in [0.3, 0.4) is 0 Å². The predicted molar refractivity (Wildman–Crippen MR) is 64.5 cm³/mol. The summed E-state index contributed by atoms with van der Waals surface area (Å²) < 4.78 is 0. The molecule has 0 bridgehead atoms. The van der Waals surface area contributed by atoms with E-state index in [0.29, 0.717) is 0 Å². The molecule has 0 spiro atoms. The lowest BCUT2D eigenvalue weighted by atomic mass is 9.96. The van der Waals surface area contributed by atoms with E-state index in [-0.39, 0.29) is 12.1 Å². The van der Waals surface area contributed by atoms with Crippen LogP contribution in [0.1, 0.15) is 18.5 Å². The molecule has 0 heterocycles. The zero-order valence-corrected chi connectivity index (χ0v) is 8.85. The van der Waals surface area contributed by atoms with Crippen LogP contribution in [-0.2, 0) is 0 Å². The first-order valence-electron chi connectivity index (χ1n) is 5.19. The molecule has 2 atom stereocenters. The van der Waals surface area contributed by atoms with Gasteiger partial charge in [-0.2, -0.15) is 0 Å². The van der Waals surface area contributed by atoms with Crippen molar-refractivity contribution in [3.63, 3.8) is 0 Å². The minimum atomic E-state index is -0.101. The van der Waals surface area contributed by atoms with Gasteiger partial charge in [0.05, 0.1) is 0 Å². The van der Waals surface area contributed by atoms with Gasteiger partial charge in [0.15, 0.2) is 0 Å². The van der Waals surface area contributed by atoms with Gasteiger partial charge in [0.1, 0.15) is 0 Å². The van der Waals surface area contributed by atoms with Crippen molar-refractivity contribution in [3.8, 4) is 0 Å². The Kier molecular flexibility index (Phi) is 2.71. The van der Waals surface area contributed by atoms with Gasteiger partial charge in [-0.05, 0) is 23.3 Å². The van der Waals surface area contributed by atoms with Crippen molar-refractivity contribution in [2.45, 2.75) is 19.0 Å². The number of hydrogen-bond donors (Lipinski definition) is 2. The Hall–Kier alpha value is -1.38. The van der Waals surface area contributed by atoms with Gasteiger partial charge < -0.3 is 11.5 Å². The maximum Gasteiger partial charge on any atom is 0.0452 e. The van der Waals surface area contributed by atoms with E-state index in [4.69, 9.17) is 11.5 Å². The first-order chi connectivity index (χ1) is 7.20. The highest BCUT2D eigenvalue weighted by Gasteiger charge is 2.12. The molecule has 2 rings (SSSR count). The Labute approximate surface area is 89.9 Å². The Balaban J connectivity index is 2.60. The third-order valence-electron chi connectivity index (χ3n) is 2.75. The molecule has 0 aromatic heterocycles. The van der Waals surface area contributed by atoms with Crippen LogP contribution in [0.15, 0.2) is 42.5 Å². The fraction of sp³-hybridized carbons (Fsp3) is 0.231. The third-order valence-corrected chi connectivity index (χ3v) is 2.75. The molecule has 0 saturated carbocycles. The van der Waals surface area contributed by atoms with Crippen LogP contribution in [0.25, 0.3) is 10.8 Å². The largest absolute Gasteiger partial charge is 0.326 e. The highest BCUT2D eigenvalue weighted by atomic mass is 14.8. The van der Waals surface area contributed by atoms with E-state index < -0.39 is 0 Å². The monoisotopic (exact) mass is 200 g/mol. The second kappa shape index (κ2) is 4.01. The standard InChI is InChI=1S/C13H16N2/c1-9(14)13(15)12-8-4-6-10-5-2-3-7-11(10)12/h2-9,13H,14-15H2,1H3. The molecule has 4 N–H and O–H groups in total. The lowest BCUT2D eigenvalue weighted by molar-refractivity contribution is 0.593. The smallest absolute Gasteiger partial charge is 0.0452 e. The first-order valence-corrected chi connectivity index (χ1v) is 5.19. The maximum absolute atomic E-state index is 6.08. The van der Waals surface area contributed by atoms with Gasteiger partial charge in [-0.25, -0.2) is 0 Å². The summed E-state index contributed by atoms with van der Waals surface area (Å²) in [5.74, 6) is 0. The Morgan fingerprint density at radius 3 is 2.33 bits per heavy atom. The molecule has 0 radical (unpaired) electrons. The van der Waals surface area contributed by atoms with Gasteiger partial charge in [0.2, 0.25) is 0 Å². The summed E-state index contributed by atoms with van der Waals surface area (Å²) >= 11 is 0. The topological polar surface area (TPSA) is 52.0 Å². The van der Waals surface area contributed by atoms with Crippen molar-refractivity contribution in [1.82, 2.24) is 0 Å². The van der Waals surface area contributed by atoms with Crippen molar-refractivity contribution in [2.75, 3.05) is 0 Å². The number of hydrogen-bond acceptors (Lipinski definition) is 2. The van der Waals surface area contributed by atoms with Crippen molar-refractivity contribution in [3.05, 3.63) is 48.0 Å². The number of fused-ring (bicyclic) bond motifs is 1. The number of nitrogens with two attached hydrogens (primary N) is 2. The summed E-state index contributed by atoms with van der Waals surface area (Å²) in [6.45, 7) is 1.94. The summed E-state index contributed by atoms with van der Waals surface area (Å²) in [5, 5.41) is 2.41. The molecule has 0 aliphatic carbocycles. The summed E-state index contributed by atoms with van der Waals surface area (Å²) in [6, 6.07) is 14.3. The van der Waals surface area contributed by atoms with E-state index >= 15 is 0 Å². The van der Waals surface area contributed by atoms with Gasteiger partial charge in [-0.1, -0.05) is 42.5 Å². The normalized spacial score (nSPS) is 15.1. The van der Waals surface area contributed by atoms with E-state index in [2.05, 4.69) is 24.3 Å². The average Bonchev–Trinajstić information content (AvgIpc) is 2.27. The van der Waals surface area contributed by atoms with Crippen LogP contribution in [0, 0.1) is 0 Å². The molecular formula is C13H16N2. The Morgan fingerprint density at radius 2 is 1.60 bits per heavy atom. The zero-order chi connectivity index (χ0) is 10.8. The van der Waals surface area contributed by atoms with Gasteiger partial charge in [-0.15, -0.1) is 0 Å². The molecule has 2 aromatic carbocycles. The molecule has 2 aromatic rings. The molecule has 15 heavy (non-hydrogen) atoms. The Bertz CT molecular complexity index is 458. The second-order valence-corrected chi connectivity index (χ2v) is 3.95. The van der Waals surface area contributed by atoms with Crippen molar-refractivity contribution < 1.29 is 0 Å². The lowest BCUT2D eigenvalue weighted by Gasteiger charge is -2.18. The minimum absolute atomic E-state index is 0.0317. The lowest BCUT2D eigenvalue weighted by Crippen LogP contribution is -2.31. The van der Waals surface area contributed by atoms with Crippen LogP contribution in [0.2, 0.25) is 0 Å². The highest BCUT2D eigenvalue weighted by molar-refractivity contribution is 5.86. The molecular weight excluding hydrogens is 184 g/mol. The highest BCUT2D eigenvalue weighted by Crippen LogP contribution is 2.23. The molecule has 2 heteroatoms. The summed E-state index contributed by atoms with van der Waals surface area (Å²) in [5.41, 5.74) is 13.0. The molecule has 0 aliphatic heterocycles. The van der Waals surface area contributed by atoms with Crippen LogP contribution < -0.4 is 11.5 Å². The van der Waals surface area contributed by atoms with Gasteiger partial charge in [0, 0.05) is 12.1 Å². The second-order valence-electron chi connectivity index (χ2n) is 3.95. The summed E-state index contributed by atoms with van der Waals surface area (Å²) in [7, 11) is 0. The van der Waals surface area contributed by atoms with E-state index in [1.165, 1.54) is 10.8 Å². The molecule has 0 aliphatic rings.